The van der Waals surface area contributed by atoms with E-state index in [9.17, 15) is 17.6 Å². The first-order chi connectivity index (χ1) is 10.2. The predicted molar refractivity (Wildman–Crippen MR) is 80.4 cm³/mol. The van der Waals surface area contributed by atoms with Gasteiger partial charge in [-0.1, -0.05) is 17.7 Å². The smallest absolute Gasteiger partial charge is 0.336 e. The van der Waals surface area contributed by atoms with E-state index < -0.39 is 21.8 Å². The summed E-state index contributed by atoms with van der Waals surface area (Å²) < 4.78 is 39.9. The van der Waals surface area contributed by atoms with Crippen LogP contribution < -0.4 is 4.72 Å². The first kappa shape index (κ1) is 16.3. The summed E-state index contributed by atoms with van der Waals surface area (Å²) in [6, 6.07) is 7.10. The number of hydrogen-bond acceptors (Lipinski definition) is 3. The molecule has 2 N–H and O–H groups in total. The van der Waals surface area contributed by atoms with Gasteiger partial charge >= 0.3 is 5.97 Å². The number of carbonyl (C=O) groups is 1. The zero-order valence-electron chi connectivity index (χ0n) is 11.3. The molecule has 5 nitrogen and oxygen atoms in total. The van der Waals surface area contributed by atoms with Gasteiger partial charge in [-0.25, -0.2) is 17.6 Å². The van der Waals surface area contributed by atoms with Crippen LogP contribution in [-0.2, 0) is 10.0 Å². The monoisotopic (exact) mass is 343 g/mol. The molecular weight excluding hydrogens is 333 g/mol. The molecule has 0 spiro atoms. The Morgan fingerprint density at radius 1 is 1.27 bits per heavy atom. The third kappa shape index (κ3) is 3.20. The Morgan fingerprint density at radius 2 is 1.95 bits per heavy atom. The third-order valence-corrected chi connectivity index (χ3v) is 4.84. The number of nitrogens with one attached hydrogen (secondary N) is 1. The lowest BCUT2D eigenvalue weighted by atomic mass is 10.1. The standard InChI is InChI=1S/C14H11ClFNO4S/c1-8-10(14(18)19)3-2-4-12(8)17-22(20,21)13-6-5-9(16)7-11(13)15/h2-7,17H,1H3,(H,18,19). The molecule has 0 saturated carbocycles. The van der Waals surface area contributed by atoms with Gasteiger partial charge in [0.25, 0.3) is 10.0 Å². The van der Waals surface area contributed by atoms with Crippen LogP contribution >= 0.6 is 11.6 Å². The second kappa shape index (κ2) is 5.94. The van der Waals surface area contributed by atoms with Crippen LogP contribution in [0.25, 0.3) is 0 Å². The highest BCUT2D eigenvalue weighted by molar-refractivity contribution is 7.92. The van der Waals surface area contributed by atoms with E-state index in [0.717, 1.165) is 18.2 Å². The van der Waals surface area contributed by atoms with Gasteiger partial charge in [-0.2, -0.15) is 0 Å². The van der Waals surface area contributed by atoms with Gasteiger partial charge < -0.3 is 5.11 Å². The Labute approximate surface area is 131 Å². The number of rotatable bonds is 4. The average molecular weight is 344 g/mol. The van der Waals surface area contributed by atoms with Gasteiger partial charge in [0.1, 0.15) is 10.7 Å². The fourth-order valence-corrected chi connectivity index (χ4v) is 3.53. The number of anilines is 1. The van der Waals surface area contributed by atoms with E-state index in [4.69, 9.17) is 16.7 Å². The molecule has 0 aromatic heterocycles. The summed E-state index contributed by atoms with van der Waals surface area (Å²) in [5.74, 6) is -1.83. The Hall–Kier alpha value is -2.12. The number of aromatic carboxylic acids is 1. The van der Waals surface area contributed by atoms with Crippen LogP contribution in [0.15, 0.2) is 41.3 Å². The molecule has 0 heterocycles. The molecule has 2 rings (SSSR count). The molecule has 0 unspecified atom stereocenters. The first-order valence-electron chi connectivity index (χ1n) is 6.03. The van der Waals surface area contributed by atoms with Gasteiger partial charge in [-0.3, -0.25) is 4.72 Å². The predicted octanol–water partition coefficient (Wildman–Crippen LogP) is 3.29. The summed E-state index contributed by atoms with van der Waals surface area (Å²) in [6.45, 7) is 1.48. The minimum atomic E-state index is -4.07. The molecule has 0 aliphatic rings. The summed E-state index contributed by atoms with van der Waals surface area (Å²) in [6.07, 6.45) is 0. The Kier molecular flexibility index (Phi) is 4.39. The van der Waals surface area contributed by atoms with Gasteiger partial charge in [-0.05, 0) is 42.8 Å². The van der Waals surface area contributed by atoms with Crippen LogP contribution in [-0.4, -0.2) is 19.5 Å². The van der Waals surface area contributed by atoms with E-state index in [1.54, 1.807) is 0 Å². The highest BCUT2D eigenvalue weighted by Gasteiger charge is 2.20. The van der Waals surface area contributed by atoms with E-state index in [0.29, 0.717) is 0 Å². The lowest BCUT2D eigenvalue weighted by molar-refractivity contribution is 0.0696. The molecule has 2 aromatic carbocycles. The van der Waals surface area contributed by atoms with Crippen molar-refractivity contribution >= 4 is 33.3 Å². The zero-order valence-corrected chi connectivity index (χ0v) is 12.9. The SMILES string of the molecule is Cc1c(NS(=O)(=O)c2ccc(F)cc2Cl)cccc1C(=O)O. The summed E-state index contributed by atoms with van der Waals surface area (Å²) >= 11 is 5.75. The van der Waals surface area contributed by atoms with Crippen molar-refractivity contribution in [3.05, 3.63) is 58.4 Å². The van der Waals surface area contributed by atoms with Crippen LogP contribution in [0.5, 0.6) is 0 Å². The van der Waals surface area contributed by atoms with Gasteiger partial charge in [0, 0.05) is 0 Å². The van der Waals surface area contributed by atoms with E-state index in [2.05, 4.69) is 4.72 Å². The molecule has 8 heteroatoms. The molecular formula is C14H11ClFNO4S. The molecule has 0 fully saturated rings. The molecule has 0 saturated heterocycles. The van der Waals surface area contributed by atoms with E-state index in [-0.39, 0.29) is 26.7 Å². The van der Waals surface area contributed by atoms with Crippen LogP contribution in [0.3, 0.4) is 0 Å². The molecule has 0 amide bonds. The van der Waals surface area contributed by atoms with Gasteiger partial charge in [0.05, 0.1) is 16.3 Å². The molecule has 0 radical (unpaired) electrons. The normalized spacial score (nSPS) is 11.2. The fourth-order valence-electron chi connectivity index (χ4n) is 1.87. The number of halogens is 2. The molecule has 0 aliphatic carbocycles. The maximum Gasteiger partial charge on any atom is 0.336 e. The van der Waals surface area contributed by atoms with Gasteiger partial charge in [0.15, 0.2) is 0 Å². The Balaban J connectivity index is 2.46. The number of carboxylic acids is 1. The maximum atomic E-state index is 13.0. The Bertz CT molecular complexity index is 852. The Morgan fingerprint density at radius 3 is 2.55 bits per heavy atom. The minimum Gasteiger partial charge on any atom is -0.478 e. The van der Waals surface area contributed by atoms with Crippen molar-refractivity contribution in [3.8, 4) is 0 Å². The zero-order chi connectivity index (χ0) is 16.5. The van der Waals surface area contributed by atoms with Gasteiger partial charge in [-0.15, -0.1) is 0 Å². The van der Waals surface area contributed by atoms with Crippen molar-refractivity contribution in [2.45, 2.75) is 11.8 Å². The maximum absolute atomic E-state index is 13.0. The number of hydrogen-bond donors (Lipinski definition) is 2. The van der Waals surface area contributed by atoms with Crippen LogP contribution in [0.1, 0.15) is 15.9 Å². The minimum absolute atomic E-state index is 0.0228. The van der Waals surface area contributed by atoms with Crippen molar-refractivity contribution in [1.29, 1.82) is 0 Å². The summed E-state index contributed by atoms with van der Waals surface area (Å²) in [5, 5.41) is 8.78. The molecule has 0 bridgehead atoms. The number of benzene rings is 2. The van der Waals surface area contributed by atoms with Crippen LogP contribution in [0, 0.1) is 12.7 Å². The number of carboxylic acid groups (broad SMARTS) is 1. The van der Waals surface area contributed by atoms with E-state index in [1.165, 1.54) is 25.1 Å². The van der Waals surface area contributed by atoms with Crippen molar-refractivity contribution < 1.29 is 22.7 Å². The second-order valence-corrected chi connectivity index (χ2v) is 6.52. The topological polar surface area (TPSA) is 83.5 Å². The molecule has 0 atom stereocenters. The molecule has 0 aliphatic heterocycles. The fraction of sp³-hybridized carbons (Fsp3) is 0.0714. The molecule has 116 valence electrons. The number of sulfonamides is 1. The van der Waals surface area contributed by atoms with E-state index >= 15 is 0 Å². The average Bonchev–Trinajstić information content (AvgIpc) is 2.40. The van der Waals surface area contributed by atoms with Gasteiger partial charge in [0.2, 0.25) is 0 Å². The lowest BCUT2D eigenvalue weighted by Gasteiger charge is -2.13. The van der Waals surface area contributed by atoms with Crippen molar-refractivity contribution in [2.24, 2.45) is 0 Å². The quantitative estimate of drug-likeness (QED) is 0.892. The summed E-state index contributed by atoms with van der Waals surface area (Å²) in [4.78, 5) is 10.8. The third-order valence-electron chi connectivity index (χ3n) is 2.99. The van der Waals surface area contributed by atoms with E-state index in [1.807, 2.05) is 0 Å². The largest absolute Gasteiger partial charge is 0.478 e. The summed E-state index contributed by atoms with van der Waals surface area (Å²) in [7, 11) is -4.07. The van der Waals surface area contributed by atoms with Crippen LogP contribution in [0.4, 0.5) is 10.1 Å². The highest BCUT2D eigenvalue weighted by Crippen LogP contribution is 2.26. The summed E-state index contributed by atoms with van der Waals surface area (Å²) in [5.41, 5.74) is 0.350. The van der Waals surface area contributed by atoms with Crippen molar-refractivity contribution in [3.63, 3.8) is 0 Å². The molecule has 2 aromatic rings. The lowest BCUT2D eigenvalue weighted by Crippen LogP contribution is -2.15. The van der Waals surface area contributed by atoms with Crippen LogP contribution in [0.2, 0.25) is 5.02 Å². The highest BCUT2D eigenvalue weighted by atomic mass is 35.5. The van der Waals surface area contributed by atoms with Crippen molar-refractivity contribution in [2.75, 3.05) is 4.72 Å². The second-order valence-electron chi connectivity index (χ2n) is 4.46. The first-order valence-corrected chi connectivity index (χ1v) is 7.89. The van der Waals surface area contributed by atoms with Crippen molar-refractivity contribution in [1.82, 2.24) is 0 Å². The molecule has 22 heavy (non-hydrogen) atoms.